The summed E-state index contributed by atoms with van der Waals surface area (Å²) in [6, 6.07) is 0. The van der Waals surface area contributed by atoms with Crippen LogP contribution >= 0.6 is 0 Å². The first-order valence-corrected chi connectivity index (χ1v) is 7.45. The van der Waals surface area contributed by atoms with Gasteiger partial charge in [0.15, 0.2) is 0 Å². The van der Waals surface area contributed by atoms with E-state index in [-0.39, 0.29) is 0 Å². The highest BCUT2D eigenvalue weighted by Gasteiger charge is 2.48. The van der Waals surface area contributed by atoms with Crippen molar-refractivity contribution >= 4 is 5.97 Å². The molecule has 4 bridgehead atoms. The van der Waals surface area contributed by atoms with Crippen LogP contribution in [0, 0.1) is 29.6 Å². The van der Waals surface area contributed by atoms with Gasteiger partial charge < -0.3 is 5.11 Å². The molecule has 1 aromatic rings. The minimum Gasteiger partial charge on any atom is -0.478 e. The van der Waals surface area contributed by atoms with Gasteiger partial charge in [-0.15, -0.1) is 0 Å². The van der Waals surface area contributed by atoms with Gasteiger partial charge >= 0.3 is 5.97 Å². The van der Waals surface area contributed by atoms with E-state index in [1.807, 2.05) is 4.68 Å². The Morgan fingerprint density at radius 2 is 1.84 bits per heavy atom. The number of nitrogens with zero attached hydrogens (tertiary/aromatic N) is 2. The van der Waals surface area contributed by atoms with Crippen LogP contribution in [0.1, 0.15) is 42.5 Å². The van der Waals surface area contributed by atoms with E-state index in [0.717, 1.165) is 36.1 Å². The van der Waals surface area contributed by atoms with Crippen molar-refractivity contribution < 1.29 is 9.90 Å². The zero-order chi connectivity index (χ0) is 13.0. The van der Waals surface area contributed by atoms with Gasteiger partial charge in [0.2, 0.25) is 0 Å². The molecule has 0 aliphatic heterocycles. The highest BCUT2D eigenvalue weighted by Crippen LogP contribution is 2.56. The lowest BCUT2D eigenvalue weighted by molar-refractivity contribution is -0.0442. The molecule has 0 radical (unpaired) electrons. The Labute approximate surface area is 112 Å². The first-order chi connectivity index (χ1) is 9.19. The van der Waals surface area contributed by atoms with Crippen molar-refractivity contribution in [3.8, 4) is 0 Å². The van der Waals surface area contributed by atoms with E-state index in [1.165, 1.54) is 38.3 Å². The molecule has 4 aliphatic rings. The van der Waals surface area contributed by atoms with Gasteiger partial charge in [-0.05, 0) is 61.7 Å². The van der Waals surface area contributed by atoms with E-state index in [0.29, 0.717) is 5.56 Å². The summed E-state index contributed by atoms with van der Waals surface area (Å²) in [4.78, 5) is 10.9. The molecule has 4 nitrogen and oxygen atoms in total. The highest BCUT2D eigenvalue weighted by atomic mass is 16.4. The minimum atomic E-state index is -0.878. The molecule has 4 fully saturated rings. The first-order valence-electron chi connectivity index (χ1n) is 7.45. The summed E-state index contributed by atoms with van der Waals surface area (Å²) in [7, 11) is 0. The predicted molar refractivity (Wildman–Crippen MR) is 69.7 cm³/mol. The molecule has 0 aromatic carbocycles. The summed E-state index contributed by atoms with van der Waals surface area (Å²) in [5.41, 5.74) is 0.309. The Morgan fingerprint density at radius 3 is 2.37 bits per heavy atom. The van der Waals surface area contributed by atoms with Crippen LogP contribution in [0.25, 0.3) is 0 Å². The van der Waals surface area contributed by atoms with Gasteiger partial charge in [-0.2, -0.15) is 5.10 Å². The molecule has 0 amide bonds. The van der Waals surface area contributed by atoms with Crippen LogP contribution in [0.4, 0.5) is 0 Å². The number of rotatable bonds is 3. The number of carboxylic acids is 1. The third-order valence-corrected chi connectivity index (χ3v) is 5.70. The van der Waals surface area contributed by atoms with Crippen molar-refractivity contribution in [3.05, 3.63) is 18.0 Å². The fraction of sp³-hybridized carbons (Fsp3) is 0.733. The topological polar surface area (TPSA) is 55.1 Å². The standard InChI is InChI=1S/C15H20N2O2/c18-15(19)13-6-16-17(7-13)8-14-11-2-9-1-10(4-11)5-12(14)3-9/h6-7,9-12,14H,1-5,8H2,(H,18,19). The number of hydrogen-bond donors (Lipinski definition) is 1. The SMILES string of the molecule is O=C(O)c1cnn(CC2C3CC4CC(C3)CC2C4)c1. The zero-order valence-electron chi connectivity index (χ0n) is 11.0. The van der Waals surface area contributed by atoms with Crippen LogP contribution in [-0.2, 0) is 6.54 Å². The lowest BCUT2D eigenvalue weighted by atomic mass is 9.52. The summed E-state index contributed by atoms with van der Waals surface area (Å²) in [6.45, 7) is 0.919. The second-order valence-corrected chi connectivity index (χ2v) is 6.85. The molecule has 0 unspecified atom stereocenters. The molecule has 1 aromatic heterocycles. The Kier molecular flexibility index (Phi) is 2.47. The van der Waals surface area contributed by atoms with Crippen LogP contribution in [0.3, 0.4) is 0 Å². The number of hydrogen-bond acceptors (Lipinski definition) is 2. The predicted octanol–water partition coefficient (Wildman–Crippen LogP) is 2.65. The minimum absolute atomic E-state index is 0.309. The van der Waals surface area contributed by atoms with Gasteiger partial charge in [0.05, 0.1) is 11.8 Å². The van der Waals surface area contributed by atoms with Gasteiger partial charge in [0.1, 0.15) is 0 Å². The van der Waals surface area contributed by atoms with Crippen molar-refractivity contribution in [3.63, 3.8) is 0 Å². The van der Waals surface area contributed by atoms with Crippen molar-refractivity contribution in [1.82, 2.24) is 9.78 Å². The second-order valence-electron chi connectivity index (χ2n) is 6.85. The molecule has 0 atom stereocenters. The molecule has 0 saturated heterocycles. The number of carboxylic acid groups (broad SMARTS) is 1. The smallest absolute Gasteiger partial charge is 0.338 e. The number of aromatic nitrogens is 2. The lowest BCUT2D eigenvalue weighted by Crippen LogP contribution is -2.46. The molecule has 1 N–H and O–H groups in total. The Hall–Kier alpha value is -1.32. The van der Waals surface area contributed by atoms with Crippen LogP contribution in [0.5, 0.6) is 0 Å². The van der Waals surface area contributed by atoms with E-state index in [2.05, 4.69) is 5.10 Å². The van der Waals surface area contributed by atoms with Crippen LogP contribution in [0.2, 0.25) is 0 Å². The van der Waals surface area contributed by atoms with Gasteiger partial charge in [0, 0.05) is 12.7 Å². The first kappa shape index (κ1) is 11.5. The average molecular weight is 260 g/mol. The number of aromatic carboxylic acids is 1. The Balaban J connectivity index is 1.51. The molecule has 19 heavy (non-hydrogen) atoms. The van der Waals surface area contributed by atoms with Crippen molar-refractivity contribution in [2.75, 3.05) is 0 Å². The monoisotopic (exact) mass is 260 g/mol. The second kappa shape index (κ2) is 4.09. The summed E-state index contributed by atoms with van der Waals surface area (Å²) < 4.78 is 1.86. The molecular weight excluding hydrogens is 240 g/mol. The van der Waals surface area contributed by atoms with Crippen molar-refractivity contribution in [2.45, 2.75) is 38.6 Å². The molecule has 4 aliphatic carbocycles. The third-order valence-electron chi connectivity index (χ3n) is 5.70. The van der Waals surface area contributed by atoms with Gasteiger partial charge in [-0.25, -0.2) is 4.79 Å². The summed E-state index contributed by atoms with van der Waals surface area (Å²) >= 11 is 0. The van der Waals surface area contributed by atoms with Crippen molar-refractivity contribution in [1.29, 1.82) is 0 Å². The Bertz CT molecular complexity index is 480. The van der Waals surface area contributed by atoms with Crippen LogP contribution in [0.15, 0.2) is 12.4 Å². The quantitative estimate of drug-likeness (QED) is 0.909. The summed E-state index contributed by atoms with van der Waals surface area (Å²) in [5.74, 6) is 3.57. The average Bonchev–Trinajstić information content (AvgIpc) is 2.81. The van der Waals surface area contributed by atoms with Gasteiger partial charge in [-0.3, -0.25) is 4.68 Å². The van der Waals surface area contributed by atoms with E-state index >= 15 is 0 Å². The van der Waals surface area contributed by atoms with E-state index in [1.54, 1.807) is 6.20 Å². The van der Waals surface area contributed by atoms with E-state index in [9.17, 15) is 4.79 Å². The molecular formula is C15H20N2O2. The molecule has 1 heterocycles. The van der Waals surface area contributed by atoms with Crippen LogP contribution in [-0.4, -0.2) is 20.9 Å². The normalized spacial score (nSPS) is 39.7. The maximum atomic E-state index is 10.9. The fourth-order valence-electron chi connectivity index (χ4n) is 5.13. The zero-order valence-corrected chi connectivity index (χ0v) is 11.0. The van der Waals surface area contributed by atoms with Gasteiger partial charge in [-0.1, -0.05) is 0 Å². The van der Waals surface area contributed by atoms with Crippen LogP contribution < -0.4 is 0 Å². The summed E-state index contributed by atoms with van der Waals surface area (Å²) in [6.07, 6.45) is 10.3. The summed E-state index contributed by atoms with van der Waals surface area (Å²) in [5, 5.41) is 13.2. The maximum absolute atomic E-state index is 10.9. The molecule has 102 valence electrons. The lowest BCUT2D eigenvalue weighted by Gasteiger charge is -2.54. The number of carbonyl (C=O) groups is 1. The third kappa shape index (κ3) is 1.88. The Morgan fingerprint density at radius 1 is 1.21 bits per heavy atom. The molecule has 4 heteroatoms. The fourth-order valence-corrected chi connectivity index (χ4v) is 5.13. The highest BCUT2D eigenvalue weighted by molar-refractivity contribution is 5.86. The van der Waals surface area contributed by atoms with E-state index < -0.39 is 5.97 Å². The molecule has 0 spiro atoms. The largest absolute Gasteiger partial charge is 0.478 e. The van der Waals surface area contributed by atoms with Crippen molar-refractivity contribution in [2.24, 2.45) is 29.6 Å². The van der Waals surface area contributed by atoms with Gasteiger partial charge in [0.25, 0.3) is 0 Å². The van der Waals surface area contributed by atoms with E-state index in [4.69, 9.17) is 5.11 Å². The molecule has 4 saturated carbocycles. The molecule has 5 rings (SSSR count). The maximum Gasteiger partial charge on any atom is 0.338 e.